The number of carbonyl (C=O) groups is 1. The molecule has 0 bridgehead atoms. The number of benzene rings is 2. The van der Waals surface area contributed by atoms with Crippen molar-refractivity contribution in [1.82, 2.24) is 0 Å². The zero-order chi connectivity index (χ0) is 18.7. The van der Waals surface area contributed by atoms with E-state index in [-0.39, 0.29) is 11.0 Å². The van der Waals surface area contributed by atoms with Crippen LogP contribution in [0.5, 0.6) is 5.75 Å². The minimum absolute atomic E-state index is 0.132. The van der Waals surface area contributed by atoms with Crippen LogP contribution in [0.1, 0.15) is 35.3 Å². The Labute approximate surface area is 150 Å². The first-order valence-electron chi connectivity index (χ1n) is 8.44. The van der Waals surface area contributed by atoms with E-state index in [9.17, 15) is 9.59 Å². The van der Waals surface area contributed by atoms with Crippen LogP contribution in [-0.2, 0) is 6.42 Å². The molecule has 3 aromatic rings. The molecule has 0 aliphatic carbocycles. The molecule has 1 aromatic heterocycles. The van der Waals surface area contributed by atoms with Gasteiger partial charge in [0.15, 0.2) is 5.43 Å². The lowest BCUT2D eigenvalue weighted by Gasteiger charge is -2.11. The summed E-state index contributed by atoms with van der Waals surface area (Å²) in [5.41, 5.74) is 1.90. The average molecular weight is 352 g/mol. The van der Waals surface area contributed by atoms with Gasteiger partial charge in [0.25, 0.3) is 0 Å². The maximum atomic E-state index is 12.9. The molecule has 0 saturated carbocycles. The van der Waals surface area contributed by atoms with Gasteiger partial charge in [-0.3, -0.25) is 4.79 Å². The molecule has 0 spiro atoms. The van der Waals surface area contributed by atoms with Gasteiger partial charge in [0.2, 0.25) is 0 Å². The minimum atomic E-state index is -0.978. The van der Waals surface area contributed by atoms with Crippen molar-refractivity contribution in [2.45, 2.75) is 20.3 Å². The Morgan fingerprint density at radius 2 is 1.88 bits per heavy atom. The van der Waals surface area contributed by atoms with Gasteiger partial charge < -0.3 is 14.3 Å². The van der Waals surface area contributed by atoms with Gasteiger partial charge in [-0.2, -0.15) is 0 Å². The van der Waals surface area contributed by atoms with Gasteiger partial charge in [-0.15, -0.1) is 0 Å². The van der Waals surface area contributed by atoms with Crippen molar-refractivity contribution in [3.8, 4) is 5.75 Å². The lowest BCUT2D eigenvalue weighted by atomic mass is 10.0. The highest BCUT2D eigenvalue weighted by molar-refractivity contribution is 5.87. The van der Waals surface area contributed by atoms with Crippen LogP contribution in [0.4, 0.5) is 0 Å². The van der Waals surface area contributed by atoms with Crippen molar-refractivity contribution < 1.29 is 19.1 Å². The van der Waals surface area contributed by atoms with Crippen LogP contribution in [0.15, 0.2) is 57.9 Å². The molecule has 1 heterocycles. The van der Waals surface area contributed by atoms with Gasteiger partial charge in [-0.1, -0.05) is 32.0 Å². The quantitative estimate of drug-likeness (QED) is 0.722. The molecule has 5 heteroatoms. The van der Waals surface area contributed by atoms with Gasteiger partial charge in [0.1, 0.15) is 16.7 Å². The van der Waals surface area contributed by atoms with Crippen molar-refractivity contribution >= 4 is 16.9 Å². The number of fused-ring (bicyclic) bond motifs is 1. The number of carboxylic acid groups (broad SMARTS) is 1. The molecule has 134 valence electrons. The van der Waals surface area contributed by atoms with Gasteiger partial charge in [0, 0.05) is 12.0 Å². The van der Waals surface area contributed by atoms with Gasteiger partial charge in [0.05, 0.1) is 18.4 Å². The summed E-state index contributed by atoms with van der Waals surface area (Å²) in [4.78, 5) is 23.9. The lowest BCUT2D eigenvalue weighted by Crippen LogP contribution is -2.12. The number of ether oxygens (including phenoxy) is 1. The second kappa shape index (κ2) is 7.44. The molecule has 0 unspecified atom stereocenters. The van der Waals surface area contributed by atoms with Crippen LogP contribution in [0.25, 0.3) is 11.0 Å². The van der Waals surface area contributed by atoms with E-state index in [1.165, 1.54) is 18.4 Å². The fraction of sp³-hybridized carbons (Fsp3) is 0.238. The Morgan fingerprint density at radius 1 is 1.15 bits per heavy atom. The molecule has 2 aromatic carbocycles. The van der Waals surface area contributed by atoms with Gasteiger partial charge in [-0.25, -0.2) is 4.79 Å². The number of aromatic carboxylic acids is 1. The fourth-order valence-electron chi connectivity index (χ4n) is 2.67. The maximum Gasteiger partial charge on any atom is 0.335 e. The van der Waals surface area contributed by atoms with Crippen LogP contribution in [-0.4, -0.2) is 17.7 Å². The summed E-state index contributed by atoms with van der Waals surface area (Å²) in [6.07, 6.45) is 1.82. The zero-order valence-corrected chi connectivity index (χ0v) is 14.7. The number of rotatable bonds is 6. The summed E-state index contributed by atoms with van der Waals surface area (Å²) in [6.45, 7) is 4.60. The SMILES string of the molecule is CC(C)COc1cccc2occ(Cc3ccc(C(=O)O)cc3)c(=O)c12. The number of hydrogen-bond donors (Lipinski definition) is 1. The van der Waals surface area contributed by atoms with Crippen LogP contribution in [0, 0.1) is 5.92 Å². The predicted octanol–water partition coefficient (Wildman–Crippen LogP) is 4.12. The fourth-order valence-corrected chi connectivity index (χ4v) is 2.67. The van der Waals surface area contributed by atoms with E-state index >= 15 is 0 Å². The maximum absolute atomic E-state index is 12.9. The molecule has 3 rings (SSSR count). The first-order valence-corrected chi connectivity index (χ1v) is 8.44. The topological polar surface area (TPSA) is 76.7 Å². The molecule has 0 saturated heterocycles. The smallest absolute Gasteiger partial charge is 0.335 e. The van der Waals surface area contributed by atoms with E-state index in [2.05, 4.69) is 0 Å². The predicted molar refractivity (Wildman–Crippen MR) is 99.0 cm³/mol. The van der Waals surface area contributed by atoms with Crippen LogP contribution in [0.2, 0.25) is 0 Å². The van der Waals surface area contributed by atoms with E-state index in [1.54, 1.807) is 30.3 Å². The van der Waals surface area contributed by atoms with Gasteiger partial charge in [-0.05, 0) is 35.7 Å². The Kier molecular flexibility index (Phi) is 5.07. The highest BCUT2D eigenvalue weighted by Gasteiger charge is 2.13. The highest BCUT2D eigenvalue weighted by atomic mass is 16.5. The first-order chi connectivity index (χ1) is 12.5. The van der Waals surface area contributed by atoms with E-state index in [1.807, 2.05) is 13.8 Å². The Morgan fingerprint density at radius 3 is 2.54 bits per heavy atom. The molecule has 26 heavy (non-hydrogen) atoms. The zero-order valence-electron chi connectivity index (χ0n) is 14.7. The molecule has 5 nitrogen and oxygen atoms in total. The monoisotopic (exact) mass is 352 g/mol. The molecule has 0 amide bonds. The molecule has 0 fully saturated rings. The molecular formula is C21H20O5. The standard InChI is InChI=1S/C21H20O5/c1-13(2)11-25-17-4-3-5-18-19(17)20(22)16(12-26-18)10-14-6-8-15(9-7-14)21(23)24/h3-9,12-13H,10-11H2,1-2H3,(H,23,24). The second-order valence-electron chi connectivity index (χ2n) is 6.60. The normalized spacial score (nSPS) is 11.0. The minimum Gasteiger partial charge on any atom is -0.492 e. The van der Waals surface area contributed by atoms with Gasteiger partial charge >= 0.3 is 5.97 Å². The highest BCUT2D eigenvalue weighted by Crippen LogP contribution is 2.24. The third-order valence-electron chi connectivity index (χ3n) is 4.00. The summed E-state index contributed by atoms with van der Waals surface area (Å²) in [7, 11) is 0. The molecular weight excluding hydrogens is 332 g/mol. The lowest BCUT2D eigenvalue weighted by molar-refractivity contribution is 0.0697. The van der Waals surface area contributed by atoms with Crippen molar-refractivity contribution in [2.75, 3.05) is 6.61 Å². The van der Waals surface area contributed by atoms with E-state index in [0.717, 1.165) is 5.56 Å². The number of carboxylic acids is 1. The van der Waals surface area contributed by atoms with Crippen LogP contribution in [0.3, 0.4) is 0 Å². The molecule has 0 radical (unpaired) electrons. The Hall–Kier alpha value is -3.08. The average Bonchev–Trinajstić information content (AvgIpc) is 2.62. The molecule has 0 aliphatic rings. The Bertz CT molecular complexity index is 983. The Balaban J connectivity index is 1.96. The van der Waals surface area contributed by atoms with E-state index in [4.69, 9.17) is 14.3 Å². The van der Waals surface area contributed by atoms with Crippen LogP contribution >= 0.6 is 0 Å². The molecule has 1 N–H and O–H groups in total. The van der Waals surface area contributed by atoms with Crippen molar-refractivity contribution in [2.24, 2.45) is 5.92 Å². The second-order valence-corrected chi connectivity index (χ2v) is 6.60. The summed E-state index contributed by atoms with van der Waals surface area (Å²) >= 11 is 0. The summed E-state index contributed by atoms with van der Waals surface area (Å²) in [5.74, 6) is -0.116. The first kappa shape index (κ1) is 17.7. The van der Waals surface area contributed by atoms with Crippen molar-refractivity contribution in [1.29, 1.82) is 0 Å². The third-order valence-corrected chi connectivity index (χ3v) is 4.00. The molecule has 0 atom stereocenters. The number of hydrogen-bond acceptors (Lipinski definition) is 4. The van der Waals surface area contributed by atoms with Crippen LogP contribution < -0.4 is 10.2 Å². The third kappa shape index (κ3) is 3.77. The summed E-state index contributed by atoms with van der Waals surface area (Å²) in [5, 5.41) is 9.41. The van der Waals surface area contributed by atoms with E-state index < -0.39 is 5.97 Å². The summed E-state index contributed by atoms with van der Waals surface area (Å²) < 4.78 is 11.4. The van der Waals surface area contributed by atoms with E-state index in [0.29, 0.717) is 41.2 Å². The molecule has 0 aliphatic heterocycles. The van der Waals surface area contributed by atoms with Crippen molar-refractivity contribution in [3.05, 3.63) is 75.6 Å². The van der Waals surface area contributed by atoms with Crippen molar-refractivity contribution in [3.63, 3.8) is 0 Å². The largest absolute Gasteiger partial charge is 0.492 e. The summed E-state index contributed by atoms with van der Waals surface area (Å²) in [6, 6.07) is 11.8.